The summed E-state index contributed by atoms with van der Waals surface area (Å²) in [5.41, 5.74) is 1.65. The Labute approximate surface area is 206 Å². The van der Waals surface area contributed by atoms with Crippen LogP contribution in [0.4, 0.5) is 5.69 Å². The summed E-state index contributed by atoms with van der Waals surface area (Å²) < 4.78 is 21.3. The molecule has 0 spiro atoms. The topological polar surface area (TPSA) is 94.5 Å². The van der Waals surface area contributed by atoms with E-state index in [1.165, 1.54) is 44.7 Å². The van der Waals surface area contributed by atoms with Crippen molar-refractivity contribution in [3.63, 3.8) is 0 Å². The quantitative estimate of drug-likeness (QED) is 0.288. The van der Waals surface area contributed by atoms with Crippen molar-refractivity contribution in [3.05, 3.63) is 69.4 Å². The van der Waals surface area contributed by atoms with Crippen molar-refractivity contribution in [1.82, 2.24) is 0 Å². The Morgan fingerprint density at radius 3 is 2.03 bits per heavy atom. The molecule has 3 aromatic rings. The number of aliphatic hydroxyl groups is 1. The van der Waals surface area contributed by atoms with Gasteiger partial charge < -0.3 is 24.1 Å². The molecule has 1 unspecified atom stereocenters. The Morgan fingerprint density at radius 1 is 0.857 bits per heavy atom. The molecule has 9 heteroatoms. The van der Waals surface area contributed by atoms with Crippen molar-refractivity contribution in [2.45, 2.75) is 13.0 Å². The zero-order valence-corrected chi connectivity index (χ0v) is 20.8. The number of ketones is 1. The van der Waals surface area contributed by atoms with E-state index in [9.17, 15) is 14.7 Å². The van der Waals surface area contributed by atoms with E-state index in [0.29, 0.717) is 34.2 Å². The average molecular weight is 496 g/mol. The Hall–Kier alpha value is -3.98. The number of hydrogen-bond donors (Lipinski definition) is 1. The molecule has 0 aliphatic carbocycles. The van der Waals surface area contributed by atoms with Gasteiger partial charge in [0, 0.05) is 22.2 Å². The molecule has 1 fully saturated rings. The van der Waals surface area contributed by atoms with E-state index in [2.05, 4.69) is 0 Å². The lowest BCUT2D eigenvalue weighted by atomic mass is 9.98. The maximum atomic E-state index is 13.4. The number of hydrogen-bond acceptors (Lipinski definition) is 8. The maximum Gasteiger partial charge on any atom is 0.300 e. The smallest absolute Gasteiger partial charge is 0.300 e. The summed E-state index contributed by atoms with van der Waals surface area (Å²) in [6, 6.07) is 10.9. The molecule has 35 heavy (non-hydrogen) atoms. The number of thiophene rings is 1. The first-order valence-corrected chi connectivity index (χ1v) is 11.5. The molecule has 4 rings (SSSR count). The van der Waals surface area contributed by atoms with Crippen LogP contribution in [0.3, 0.4) is 0 Å². The van der Waals surface area contributed by atoms with E-state index >= 15 is 0 Å². The average Bonchev–Trinajstić information content (AvgIpc) is 3.42. The fourth-order valence-corrected chi connectivity index (χ4v) is 5.15. The van der Waals surface area contributed by atoms with E-state index < -0.39 is 17.7 Å². The summed E-state index contributed by atoms with van der Waals surface area (Å²) in [4.78, 5) is 28.9. The summed E-state index contributed by atoms with van der Waals surface area (Å²) >= 11 is 1.40. The monoisotopic (exact) mass is 495 g/mol. The number of methoxy groups -OCH3 is 4. The summed E-state index contributed by atoms with van der Waals surface area (Å²) in [6.45, 7) is 1.90. The summed E-state index contributed by atoms with van der Waals surface area (Å²) in [5, 5.41) is 13.2. The number of carbonyl (C=O) groups is 2. The molecular weight excluding hydrogens is 470 g/mol. The number of aliphatic hydroxyl groups excluding tert-OH is 1. The fourth-order valence-electron chi connectivity index (χ4n) is 4.13. The van der Waals surface area contributed by atoms with E-state index in [4.69, 9.17) is 18.9 Å². The van der Waals surface area contributed by atoms with Gasteiger partial charge in [-0.15, -0.1) is 11.3 Å². The van der Waals surface area contributed by atoms with Gasteiger partial charge in [0.05, 0.1) is 34.0 Å². The lowest BCUT2D eigenvalue weighted by molar-refractivity contribution is -0.132. The fraction of sp³-hybridized carbons (Fsp3) is 0.231. The number of benzene rings is 2. The van der Waals surface area contributed by atoms with Gasteiger partial charge in [-0.25, -0.2) is 0 Å². The number of ether oxygens (including phenoxy) is 4. The molecule has 2 aromatic carbocycles. The van der Waals surface area contributed by atoms with Gasteiger partial charge >= 0.3 is 0 Å². The molecule has 1 saturated heterocycles. The van der Waals surface area contributed by atoms with Gasteiger partial charge in [0.1, 0.15) is 11.8 Å². The highest BCUT2D eigenvalue weighted by Gasteiger charge is 2.48. The van der Waals surface area contributed by atoms with E-state index in [1.54, 1.807) is 36.4 Å². The van der Waals surface area contributed by atoms with E-state index in [-0.39, 0.29) is 11.3 Å². The molecule has 1 aliphatic rings. The first-order valence-electron chi connectivity index (χ1n) is 10.7. The molecule has 1 aliphatic heterocycles. The van der Waals surface area contributed by atoms with Crippen LogP contribution in [0.5, 0.6) is 23.0 Å². The van der Waals surface area contributed by atoms with Gasteiger partial charge in [0.15, 0.2) is 23.0 Å². The van der Waals surface area contributed by atoms with Gasteiger partial charge in [-0.05, 0) is 54.3 Å². The second-order valence-electron chi connectivity index (χ2n) is 7.75. The van der Waals surface area contributed by atoms with Gasteiger partial charge in [-0.3, -0.25) is 14.5 Å². The Bertz CT molecular complexity index is 1330. The Kier molecular flexibility index (Phi) is 6.70. The molecule has 1 atom stereocenters. The highest BCUT2D eigenvalue weighted by molar-refractivity contribution is 7.10. The lowest BCUT2D eigenvalue weighted by Crippen LogP contribution is -2.29. The van der Waals surface area contributed by atoms with E-state index in [1.807, 2.05) is 18.4 Å². The first-order chi connectivity index (χ1) is 16.9. The summed E-state index contributed by atoms with van der Waals surface area (Å²) in [6.07, 6.45) is 0. The molecule has 2 heterocycles. The lowest BCUT2D eigenvalue weighted by Gasteiger charge is -2.25. The van der Waals surface area contributed by atoms with Gasteiger partial charge in [-0.1, -0.05) is 0 Å². The second-order valence-corrected chi connectivity index (χ2v) is 8.69. The minimum atomic E-state index is -0.832. The molecular formula is C26H25NO7S. The van der Waals surface area contributed by atoms with Crippen LogP contribution in [-0.2, 0) is 9.59 Å². The van der Waals surface area contributed by atoms with Crippen LogP contribution < -0.4 is 23.8 Å². The van der Waals surface area contributed by atoms with Crippen LogP contribution in [0, 0.1) is 6.92 Å². The van der Waals surface area contributed by atoms with Crippen LogP contribution in [0.1, 0.15) is 22.0 Å². The van der Waals surface area contributed by atoms with Gasteiger partial charge in [0.2, 0.25) is 0 Å². The zero-order chi connectivity index (χ0) is 25.3. The van der Waals surface area contributed by atoms with Crippen LogP contribution in [0.2, 0.25) is 0 Å². The third-order valence-corrected chi connectivity index (χ3v) is 6.97. The van der Waals surface area contributed by atoms with E-state index in [0.717, 1.165) is 10.4 Å². The number of aryl methyl sites for hydroxylation is 1. The number of carbonyl (C=O) groups excluding carboxylic acids is 2. The van der Waals surface area contributed by atoms with Gasteiger partial charge in [-0.2, -0.15) is 0 Å². The largest absolute Gasteiger partial charge is 0.507 e. The maximum absolute atomic E-state index is 13.4. The predicted molar refractivity (Wildman–Crippen MR) is 133 cm³/mol. The minimum absolute atomic E-state index is 0.0115. The first kappa shape index (κ1) is 24.2. The predicted octanol–water partition coefficient (Wildman–Crippen LogP) is 4.72. The van der Waals surface area contributed by atoms with Crippen molar-refractivity contribution in [2.24, 2.45) is 0 Å². The van der Waals surface area contributed by atoms with Crippen LogP contribution in [0.25, 0.3) is 5.76 Å². The van der Waals surface area contributed by atoms with Gasteiger partial charge in [0.25, 0.3) is 11.7 Å². The molecule has 1 aromatic heterocycles. The van der Waals surface area contributed by atoms with Crippen molar-refractivity contribution in [2.75, 3.05) is 33.3 Å². The third kappa shape index (κ3) is 4.08. The molecule has 0 bridgehead atoms. The van der Waals surface area contributed by atoms with Crippen molar-refractivity contribution < 1.29 is 33.6 Å². The summed E-state index contributed by atoms with van der Waals surface area (Å²) in [7, 11) is 5.99. The van der Waals surface area contributed by atoms with Crippen LogP contribution >= 0.6 is 11.3 Å². The number of Topliss-reactive ketones (excluding diaryl/α,β-unsaturated/α-hetero) is 1. The molecule has 0 saturated carbocycles. The third-order valence-electron chi connectivity index (χ3n) is 5.90. The molecule has 1 amide bonds. The van der Waals surface area contributed by atoms with Crippen LogP contribution in [-0.4, -0.2) is 45.2 Å². The minimum Gasteiger partial charge on any atom is -0.507 e. The molecule has 1 N–H and O–H groups in total. The SMILES string of the molecule is COc1ccc(/C(O)=C2/C(=O)C(=O)N(c3ccc(OC)c(OC)c3)C2c2sccc2C)cc1OC. The van der Waals surface area contributed by atoms with Crippen molar-refractivity contribution >= 4 is 34.5 Å². The standard InChI is InChI=1S/C26H25NO7S/c1-14-10-11-35-25(14)22-21(23(28)15-6-8-17(31-2)19(12-15)33-4)24(29)26(30)27(22)16-7-9-18(32-3)20(13-16)34-5/h6-13,22,28H,1-5H3/b23-21-. The zero-order valence-electron chi connectivity index (χ0n) is 19.9. The highest BCUT2D eigenvalue weighted by Crippen LogP contribution is 2.46. The normalized spacial score (nSPS) is 16.9. The number of anilines is 1. The number of amides is 1. The molecule has 0 radical (unpaired) electrons. The van der Waals surface area contributed by atoms with Crippen molar-refractivity contribution in [3.8, 4) is 23.0 Å². The Morgan fingerprint density at radius 2 is 1.46 bits per heavy atom. The molecule has 8 nitrogen and oxygen atoms in total. The number of rotatable bonds is 7. The second kappa shape index (κ2) is 9.71. The van der Waals surface area contributed by atoms with Crippen LogP contribution in [0.15, 0.2) is 53.4 Å². The summed E-state index contributed by atoms with van der Waals surface area (Å²) in [5.74, 6) is -0.0857. The molecule has 182 valence electrons. The number of nitrogens with zero attached hydrogens (tertiary/aromatic N) is 1. The highest BCUT2D eigenvalue weighted by atomic mass is 32.1. The Balaban J connectivity index is 1.94. The van der Waals surface area contributed by atoms with Crippen molar-refractivity contribution in [1.29, 1.82) is 0 Å².